The molecule has 0 aliphatic rings. The molecule has 0 aliphatic carbocycles. The van der Waals surface area contributed by atoms with Crippen LogP contribution in [0.3, 0.4) is 0 Å². The summed E-state index contributed by atoms with van der Waals surface area (Å²) in [5.41, 5.74) is 7.10. The number of ether oxygens (including phenoxy) is 1. The Kier molecular flexibility index (Phi) is 5.62. The van der Waals surface area contributed by atoms with Crippen molar-refractivity contribution in [3.05, 3.63) is 63.3 Å². The van der Waals surface area contributed by atoms with Crippen molar-refractivity contribution in [3.8, 4) is 5.75 Å². The molecule has 2 unspecified atom stereocenters. The van der Waals surface area contributed by atoms with Crippen molar-refractivity contribution in [1.82, 2.24) is 0 Å². The Morgan fingerprint density at radius 1 is 1.24 bits per heavy atom. The maximum Gasteiger partial charge on any atom is 0.139 e. The Labute approximate surface area is 137 Å². The van der Waals surface area contributed by atoms with Gasteiger partial charge >= 0.3 is 0 Å². The largest absolute Gasteiger partial charge is 0.483 e. The maximum atomic E-state index is 13.2. The van der Waals surface area contributed by atoms with Gasteiger partial charge in [-0.15, -0.1) is 0 Å². The summed E-state index contributed by atoms with van der Waals surface area (Å²) in [5, 5.41) is 0.658. The molecule has 0 bridgehead atoms. The van der Waals surface area contributed by atoms with Gasteiger partial charge in [0.15, 0.2) is 0 Å². The van der Waals surface area contributed by atoms with Crippen LogP contribution >= 0.6 is 27.5 Å². The molecular formula is C16H16BrClFNO. The molecule has 2 aromatic carbocycles. The van der Waals surface area contributed by atoms with Crippen LogP contribution in [-0.2, 0) is 0 Å². The molecule has 0 heterocycles. The van der Waals surface area contributed by atoms with E-state index in [-0.39, 0.29) is 18.0 Å². The van der Waals surface area contributed by atoms with Crippen LogP contribution in [-0.4, -0.2) is 6.04 Å². The van der Waals surface area contributed by atoms with E-state index in [9.17, 15) is 4.39 Å². The lowest BCUT2D eigenvalue weighted by atomic mass is 10.0. The Morgan fingerprint density at radius 3 is 2.48 bits per heavy atom. The van der Waals surface area contributed by atoms with Gasteiger partial charge in [0, 0.05) is 11.1 Å². The highest BCUT2D eigenvalue weighted by Gasteiger charge is 2.21. The van der Waals surface area contributed by atoms with Crippen LogP contribution in [0.1, 0.15) is 25.0 Å². The molecule has 2 rings (SSSR count). The minimum Gasteiger partial charge on any atom is -0.483 e. The van der Waals surface area contributed by atoms with Gasteiger partial charge in [0.25, 0.3) is 0 Å². The first kappa shape index (κ1) is 16.3. The number of nitrogens with two attached hydrogens (primary N) is 1. The minimum absolute atomic E-state index is 0.178. The Bertz CT molecular complexity index is 606. The van der Waals surface area contributed by atoms with Crippen molar-refractivity contribution in [3.63, 3.8) is 0 Å². The van der Waals surface area contributed by atoms with Crippen LogP contribution in [0.4, 0.5) is 4.39 Å². The fourth-order valence-corrected chi connectivity index (χ4v) is 2.55. The molecule has 0 spiro atoms. The average molecular weight is 373 g/mol. The third kappa shape index (κ3) is 4.19. The Morgan fingerprint density at radius 2 is 1.90 bits per heavy atom. The number of halogens is 3. The van der Waals surface area contributed by atoms with E-state index in [1.807, 2.05) is 19.1 Å². The normalized spacial score (nSPS) is 13.8. The SMILES string of the molecule is CCC(N)C(Oc1ccc(F)cc1Br)c1ccc(Cl)cc1. The zero-order valence-electron chi connectivity index (χ0n) is 11.5. The van der Waals surface area contributed by atoms with Gasteiger partial charge < -0.3 is 10.5 Å². The summed E-state index contributed by atoms with van der Waals surface area (Å²) < 4.78 is 19.7. The van der Waals surface area contributed by atoms with Gasteiger partial charge in [-0.3, -0.25) is 0 Å². The van der Waals surface area contributed by atoms with Gasteiger partial charge in [0.05, 0.1) is 4.47 Å². The van der Waals surface area contributed by atoms with Crippen LogP contribution < -0.4 is 10.5 Å². The summed E-state index contributed by atoms with van der Waals surface area (Å²) in [7, 11) is 0. The predicted octanol–water partition coefficient (Wildman–Crippen LogP) is 5.10. The fourth-order valence-electron chi connectivity index (χ4n) is 1.98. The molecule has 21 heavy (non-hydrogen) atoms. The van der Waals surface area contributed by atoms with Crippen molar-refractivity contribution in [2.45, 2.75) is 25.5 Å². The van der Waals surface area contributed by atoms with Crippen LogP contribution in [0.25, 0.3) is 0 Å². The average Bonchev–Trinajstić information content (AvgIpc) is 2.47. The molecule has 2 N–H and O–H groups in total. The number of hydrogen-bond donors (Lipinski definition) is 1. The molecule has 2 nitrogen and oxygen atoms in total. The highest BCUT2D eigenvalue weighted by Crippen LogP contribution is 2.32. The van der Waals surface area contributed by atoms with Gasteiger partial charge in [0.1, 0.15) is 17.7 Å². The second kappa shape index (κ2) is 7.25. The van der Waals surface area contributed by atoms with Crippen molar-refractivity contribution >= 4 is 27.5 Å². The molecule has 0 aliphatic heterocycles. The summed E-state index contributed by atoms with van der Waals surface area (Å²) in [6.45, 7) is 2.00. The highest BCUT2D eigenvalue weighted by atomic mass is 79.9. The molecule has 2 aromatic rings. The van der Waals surface area contributed by atoms with Crippen LogP contribution in [0, 0.1) is 5.82 Å². The van der Waals surface area contributed by atoms with E-state index in [4.69, 9.17) is 22.1 Å². The maximum absolute atomic E-state index is 13.2. The van der Waals surface area contributed by atoms with Gasteiger partial charge in [0.2, 0.25) is 0 Å². The topological polar surface area (TPSA) is 35.2 Å². The Balaban J connectivity index is 2.30. The lowest BCUT2D eigenvalue weighted by Gasteiger charge is -2.25. The van der Waals surface area contributed by atoms with Crippen LogP contribution in [0.2, 0.25) is 5.02 Å². The summed E-state index contributed by atoms with van der Waals surface area (Å²) in [5.74, 6) is 0.234. The molecule has 2 atom stereocenters. The fraction of sp³-hybridized carbons (Fsp3) is 0.250. The van der Waals surface area contributed by atoms with Crippen LogP contribution in [0.15, 0.2) is 46.9 Å². The first-order valence-electron chi connectivity index (χ1n) is 6.64. The van der Waals surface area contributed by atoms with E-state index in [2.05, 4.69) is 15.9 Å². The second-order valence-corrected chi connectivity index (χ2v) is 6.03. The summed E-state index contributed by atoms with van der Waals surface area (Å²) in [4.78, 5) is 0. The Hall–Kier alpha value is -1.10. The van der Waals surface area contributed by atoms with E-state index in [1.54, 1.807) is 18.2 Å². The first-order valence-corrected chi connectivity index (χ1v) is 7.81. The van der Waals surface area contributed by atoms with Gasteiger partial charge in [-0.1, -0.05) is 30.7 Å². The molecule has 5 heteroatoms. The molecule has 0 radical (unpaired) electrons. The van der Waals surface area contributed by atoms with E-state index < -0.39 is 0 Å². The minimum atomic E-state index is -0.325. The van der Waals surface area contributed by atoms with Gasteiger partial charge in [-0.25, -0.2) is 4.39 Å². The monoisotopic (exact) mass is 371 g/mol. The predicted molar refractivity (Wildman–Crippen MR) is 87.2 cm³/mol. The summed E-state index contributed by atoms with van der Waals surface area (Å²) in [6.07, 6.45) is 0.431. The third-order valence-corrected chi connectivity index (χ3v) is 4.08. The zero-order valence-corrected chi connectivity index (χ0v) is 13.9. The molecule has 0 aromatic heterocycles. The first-order chi connectivity index (χ1) is 10.0. The van der Waals surface area contributed by atoms with Gasteiger partial charge in [-0.2, -0.15) is 0 Å². The van der Waals surface area contributed by atoms with E-state index >= 15 is 0 Å². The van der Waals surface area contributed by atoms with Crippen molar-refractivity contribution in [2.75, 3.05) is 0 Å². The molecule has 0 fully saturated rings. The van der Waals surface area contributed by atoms with Crippen molar-refractivity contribution in [1.29, 1.82) is 0 Å². The molecule has 0 amide bonds. The standard InChI is InChI=1S/C16H16BrClFNO/c1-2-14(20)16(10-3-5-11(18)6-4-10)21-15-8-7-12(19)9-13(15)17/h3-9,14,16H,2,20H2,1H3. The van der Waals surface area contributed by atoms with Crippen LogP contribution in [0.5, 0.6) is 5.75 Å². The van der Waals surface area contributed by atoms with E-state index in [0.717, 1.165) is 12.0 Å². The zero-order chi connectivity index (χ0) is 15.4. The van der Waals surface area contributed by atoms with E-state index in [0.29, 0.717) is 15.2 Å². The number of rotatable bonds is 5. The molecular weight excluding hydrogens is 357 g/mol. The number of benzene rings is 2. The second-order valence-electron chi connectivity index (χ2n) is 4.74. The van der Waals surface area contributed by atoms with Crippen molar-refractivity contribution < 1.29 is 9.13 Å². The molecule has 112 valence electrons. The highest BCUT2D eigenvalue weighted by molar-refractivity contribution is 9.10. The summed E-state index contributed by atoms with van der Waals surface area (Å²) in [6, 6.07) is 11.5. The number of hydrogen-bond acceptors (Lipinski definition) is 2. The molecule has 0 saturated heterocycles. The van der Waals surface area contributed by atoms with Crippen molar-refractivity contribution in [2.24, 2.45) is 5.73 Å². The lowest BCUT2D eigenvalue weighted by molar-refractivity contribution is 0.169. The lowest BCUT2D eigenvalue weighted by Crippen LogP contribution is -2.31. The van der Waals surface area contributed by atoms with Gasteiger partial charge in [-0.05, 0) is 58.2 Å². The summed E-state index contributed by atoms with van der Waals surface area (Å²) >= 11 is 9.22. The third-order valence-electron chi connectivity index (χ3n) is 3.21. The smallest absolute Gasteiger partial charge is 0.139 e. The molecule has 0 saturated carbocycles. The van der Waals surface area contributed by atoms with E-state index in [1.165, 1.54) is 12.1 Å². The quantitative estimate of drug-likeness (QED) is 0.792.